The standard InChI is InChI=1S/C19H22BrN3O2/c1-3-17(13-4-8-15(20)9-5-13)22-12-18(24)23-16-10-6-14(7-11-16)19(25)21-2/h4-11,17,22H,3,12H2,1-2H3,(H,21,25)(H,23,24)/p+1/t17-/m0/s1. The number of amides is 2. The van der Waals surface area contributed by atoms with E-state index in [1.165, 1.54) is 5.56 Å². The average Bonchev–Trinajstić information content (AvgIpc) is 2.63. The number of nitrogens with one attached hydrogen (secondary N) is 2. The first-order chi connectivity index (χ1) is 12.0. The van der Waals surface area contributed by atoms with Crippen LogP contribution in [-0.4, -0.2) is 25.4 Å². The number of halogens is 1. The van der Waals surface area contributed by atoms with Crippen LogP contribution in [-0.2, 0) is 4.79 Å². The monoisotopic (exact) mass is 404 g/mol. The van der Waals surface area contributed by atoms with Crippen LogP contribution in [0.5, 0.6) is 0 Å². The van der Waals surface area contributed by atoms with E-state index in [9.17, 15) is 9.59 Å². The molecule has 0 aliphatic carbocycles. The fourth-order valence-electron chi connectivity index (χ4n) is 2.56. The number of nitrogens with two attached hydrogens (primary N) is 1. The molecule has 0 bridgehead atoms. The molecular formula is C19H23BrN3O2+. The molecule has 4 N–H and O–H groups in total. The minimum absolute atomic E-state index is 0.0664. The Morgan fingerprint density at radius 2 is 1.72 bits per heavy atom. The van der Waals surface area contributed by atoms with Gasteiger partial charge in [0.2, 0.25) is 0 Å². The zero-order chi connectivity index (χ0) is 18.2. The van der Waals surface area contributed by atoms with Gasteiger partial charge in [0.1, 0.15) is 6.04 Å². The smallest absolute Gasteiger partial charge is 0.279 e. The maximum Gasteiger partial charge on any atom is 0.279 e. The topological polar surface area (TPSA) is 74.8 Å². The van der Waals surface area contributed by atoms with E-state index >= 15 is 0 Å². The van der Waals surface area contributed by atoms with E-state index in [-0.39, 0.29) is 17.9 Å². The molecule has 2 amide bonds. The van der Waals surface area contributed by atoms with E-state index in [0.29, 0.717) is 17.8 Å². The highest BCUT2D eigenvalue weighted by Crippen LogP contribution is 2.16. The second-order valence-electron chi connectivity index (χ2n) is 5.71. The second kappa shape index (κ2) is 9.34. The predicted molar refractivity (Wildman–Crippen MR) is 102 cm³/mol. The van der Waals surface area contributed by atoms with Crippen molar-refractivity contribution in [3.63, 3.8) is 0 Å². The number of quaternary nitrogens is 1. The van der Waals surface area contributed by atoms with Crippen LogP contribution < -0.4 is 16.0 Å². The predicted octanol–water partition coefficient (Wildman–Crippen LogP) is 2.46. The molecule has 2 aromatic carbocycles. The zero-order valence-corrected chi connectivity index (χ0v) is 16.0. The third-order valence-electron chi connectivity index (χ3n) is 3.98. The first kappa shape index (κ1) is 19.1. The van der Waals surface area contributed by atoms with Crippen molar-refractivity contribution < 1.29 is 14.9 Å². The van der Waals surface area contributed by atoms with Gasteiger partial charge < -0.3 is 16.0 Å². The van der Waals surface area contributed by atoms with E-state index in [2.05, 4.69) is 45.6 Å². The van der Waals surface area contributed by atoms with Crippen LogP contribution in [0, 0.1) is 0 Å². The van der Waals surface area contributed by atoms with Gasteiger partial charge in [-0.3, -0.25) is 9.59 Å². The summed E-state index contributed by atoms with van der Waals surface area (Å²) in [5.41, 5.74) is 2.45. The first-order valence-electron chi connectivity index (χ1n) is 8.24. The maximum atomic E-state index is 12.2. The fourth-order valence-corrected chi connectivity index (χ4v) is 2.82. The van der Waals surface area contributed by atoms with Gasteiger partial charge in [0.15, 0.2) is 6.54 Å². The van der Waals surface area contributed by atoms with Crippen LogP contribution in [0.25, 0.3) is 0 Å². The van der Waals surface area contributed by atoms with Gasteiger partial charge in [0.05, 0.1) is 0 Å². The van der Waals surface area contributed by atoms with E-state index in [0.717, 1.165) is 10.9 Å². The lowest BCUT2D eigenvalue weighted by Crippen LogP contribution is -2.87. The van der Waals surface area contributed by atoms with Gasteiger partial charge in [-0.2, -0.15) is 0 Å². The van der Waals surface area contributed by atoms with Gasteiger partial charge in [-0.05, 0) is 36.4 Å². The molecule has 5 nitrogen and oxygen atoms in total. The number of carbonyl (C=O) groups excluding carboxylic acids is 2. The van der Waals surface area contributed by atoms with Crippen LogP contribution in [0.3, 0.4) is 0 Å². The molecule has 0 fully saturated rings. The molecule has 1 atom stereocenters. The van der Waals surface area contributed by atoms with Gasteiger partial charge >= 0.3 is 0 Å². The molecule has 0 aliphatic heterocycles. The molecule has 2 aromatic rings. The summed E-state index contributed by atoms with van der Waals surface area (Å²) >= 11 is 3.43. The minimum atomic E-state index is -0.147. The molecule has 0 spiro atoms. The highest BCUT2D eigenvalue weighted by atomic mass is 79.9. The van der Waals surface area contributed by atoms with Gasteiger partial charge in [0.25, 0.3) is 11.8 Å². The summed E-state index contributed by atoms with van der Waals surface area (Å²) in [7, 11) is 1.59. The average molecular weight is 405 g/mol. The SMILES string of the molecule is CC[C@H]([NH2+]CC(=O)Nc1ccc(C(=O)NC)cc1)c1ccc(Br)cc1. The molecule has 6 heteroatoms. The van der Waals surface area contributed by atoms with E-state index < -0.39 is 0 Å². The summed E-state index contributed by atoms with van der Waals surface area (Å²) in [5, 5.41) is 7.46. The van der Waals surface area contributed by atoms with Crippen LogP contribution >= 0.6 is 15.9 Å². The van der Waals surface area contributed by atoms with Crippen molar-refractivity contribution in [2.75, 3.05) is 18.9 Å². The summed E-state index contributed by atoms with van der Waals surface area (Å²) in [6.45, 7) is 2.45. The van der Waals surface area contributed by atoms with E-state index in [1.807, 2.05) is 17.4 Å². The summed E-state index contributed by atoms with van der Waals surface area (Å²) in [6, 6.07) is 15.3. The van der Waals surface area contributed by atoms with Crippen LogP contribution in [0.2, 0.25) is 0 Å². The number of hydrogen-bond acceptors (Lipinski definition) is 2. The Labute approximate surface area is 156 Å². The van der Waals surface area contributed by atoms with Gasteiger partial charge in [0, 0.05) is 34.8 Å². The molecule has 0 saturated carbocycles. The highest BCUT2D eigenvalue weighted by molar-refractivity contribution is 9.10. The molecule has 2 rings (SSSR count). The first-order valence-corrected chi connectivity index (χ1v) is 9.03. The van der Waals surface area contributed by atoms with Crippen molar-refractivity contribution >= 4 is 33.4 Å². The fraction of sp³-hybridized carbons (Fsp3) is 0.263. The van der Waals surface area contributed by atoms with Crippen LogP contribution in [0.4, 0.5) is 5.69 Å². The van der Waals surface area contributed by atoms with Crippen LogP contribution in [0.15, 0.2) is 53.0 Å². The summed E-state index contributed by atoms with van der Waals surface area (Å²) in [5.74, 6) is -0.213. The molecule has 0 aliphatic rings. The summed E-state index contributed by atoms with van der Waals surface area (Å²) in [6.07, 6.45) is 0.940. The molecule has 132 valence electrons. The number of rotatable bonds is 7. The molecule has 0 aromatic heterocycles. The molecule has 0 heterocycles. The van der Waals surface area contributed by atoms with Crippen molar-refractivity contribution in [2.45, 2.75) is 19.4 Å². The summed E-state index contributed by atoms with van der Waals surface area (Å²) < 4.78 is 1.05. The lowest BCUT2D eigenvalue weighted by molar-refractivity contribution is -0.686. The highest BCUT2D eigenvalue weighted by Gasteiger charge is 2.15. The lowest BCUT2D eigenvalue weighted by Gasteiger charge is -2.14. The molecule has 0 saturated heterocycles. The third-order valence-corrected chi connectivity index (χ3v) is 4.51. The van der Waals surface area contributed by atoms with Gasteiger partial charge in [-0.1, -0.05) is 35.0 Å². The normalized spacial score (nSPS) is 11.6. The molecule has 0 unspecified atom stereocenters. The Hall–Kier alpha value is -2.18. The number of hydrogen-bond donors (Lipinski definition) is 3. The van der Waals surface area contributed by atoms with Gasteiger partial charge in [-0.25, -0.2) is 0 Å². The lowest BCUT2D eigenvalue weighted by atomic mass is 10.0. The molecular weight excluding hydrogens is 382 g/mol. The van der Waals surface area contributed by atoms with Crippen molar-refractivity contribution in [1.29, 1.82) is 0 Å². The molecule has 25 heavy (non-hydrogen) atoms. The van der Waals surface area contributed by atoms with E-state index in [4.69, 9.17) is 0 Å². The maximum absolute atomic E-state index is 12.2. The Kier molecular flexibility index (Phi) is 7.16. The zero-order valence-electron chi connectivity index (χ0n) is 14.4. The van der Waals surface area contributed by atoms with Crippen molar-refractivity contribution in [3.8, 4) is 0 Å². The van der Waals surface area contributed by atoms with E-state index in [1.54, 1.807) is 31.3 Å². The quantitative estimate of drug-likeness (QED) is 0.662. The Balaban J connectivity index is 1.88. The Morgan fingerprint density at radius 3 is 2.28 bits per heavy atom. The number of anilines is 1. The van der Waals surface area contributed by atoms with Crippen molar-refractivity contribution in [2.24, 2.45) is 0 Å². The second-order valence-corrected chi connectivity index (χ2v) is 6.63. The number of benzene rings is 2. The van der Waals surface area contributed by atoms with Crippen molar-refractivity contribution in [1.82, 2.24) is 5.32 Å². The number of carbonyl (C=O) groups is 2. The summed E-state index contributed by atoms with van der Waals surface area (Å²) in [4.78, 5) is 23.7. The Morgan fingerprint density at radius 1 is 1.08 bits per heavy atom. The minimum Gasteiger partial charge on any atom is -0.355 e. The van der Waals surface area contributed by atoms with Crippen LogP contribution in [0.1, 0.15) is 35.3 Å². The van der Waals surface area contributed by atoms with Gasteiger partial charge in [-0.15, -0.1) is 0 Å². The van der Waals surface area contributed by atoms with Crippen molar-refractivity contribution in [3.05, 3.63) is 64.1 Å². The Bertz CT molecular complexity index is 714. The molecule has 0 radical (unpaired) electrons. The largest absolute Gasteiger partial charge is 0.355 e. The third kappa shape index (κ3) is 5.69.